The third kappa shape index (κ3) is 2.30. The SMILES string of the molecule is CC1(C)CCN(S(=O)(=O)C(C)(C)C)CC1=O. The monoisotopic (exact) mass is 247 g/mol. The molecule has 0 radical (unpaired) electrons. The molecule has 1 saturated heterocycles. The standard InChI is InChI=1S/C11H21NO3S/c1-10(2,3)16(14,15)12-7-6-11(4,5)9(13)8-12/h6-8H2,1-5H3. The fourth-order valence-electron chi connectivity index (χ4n) is 1.59. The van der Waals surface area contributed by atoms with Gasteiger partial charge in [0.25, 0.3) is 0 Å². The summed E-state index contributed by atoms with van der Waals surface area (Å²) in [6.45, 7) is 9.18. The topological polar surface area (TPSA) is 54.5 Å². The Labute approximate surface area is 98.1 Å². The van der Waals surface area contributed by atoms with Crippen molar-refractivity contribution in [2.75, 3.05) is 13.1 Å². The molecule has 1 aliphatic rings. The van der Waals surface area contributed by atoms with Crippen LogP contribution in [0, 0.1) is 5.41 Å². The van der Waals surface area contributed by atoms with Gasteiger partial charge in [0.2, 0.25) is 10.0 Å². The summed E-state index contributed by atoms with van der Waals surface area (Å²) in [6, 6.07) is 0. The molecular weight excluding hydrogens is 226 g/mol. The molecular formula is C11H21NO3S. The van der Waals surface area contributed by atoms with Crippen molar-refractivity contribution in [1.29, 1.82) is 0 Å². The molecule has 1 heterocycles. The molecule has 0 spiro atoms. The molecule has 0 bridgehead atoms. The zero-order valence-corrected chi connectivity index (χ0v) is 11.5. The first-order valence-electron chi connectivity index (χ1n) is 5.51. The Kier molecular flexibility index (Phi) is 3.25. The molecule has 1 aliphatic heterocycles. The third-order valence-electron chi connectivity index (χ3n) is 3.17. The number of hydrogen-bond acceptors (Lipinski definition) is 3. The van der Waals surface area contributed by atoms with Crippen molar-refractivity contribution in [3.63, 3.8) is 0 Å². The highest BCUT2D eigenvalue weighted by atomic mass is 32.2. The largest absolute Gasteiger partial charge is 0.298 e. The number of piperidine rings is 1. The van der Waals surface area contributed by atoms with Gasteiger partial charge in [0.05, 0.1) is 11.3 Å². The molecule has 0 amide bonds. The van der Waals surface area contributed by atoms with E-state index >= 15 is 0 Å². The fourth-order valence-corrected chi connectivity index (χ4v) is 2.98. The van der Waals surface area contributed by atoms with Crippen LogP contribution in [-0.4, -0.2) is 36.3 Å². The van der Waals surface area contributed by atoms with Crippen LogP contribution in [0.1, 0.15) is 41.0 Å². The van der Waals surface area contributed by atoms with E-state index in [2.05, 4.69) is 0 Å². The van der Waals surface area contributed by atoms with Crippen molar-refractivity contribution in [1.82, 2.24) is 4.31 Å². The van der Waals surface area contributed by atoms with Crippen molar-refractivity contribution in [3.8, 4) is 0 Å². The lowest BCUT2D eigenvalue weighted by molar-refractivity contribution is -0.130. The molecule has 5 heteroatoms. The van der Waals surface area contributed by atoms with Crippen LogP contribution in [0.3, 0.4) is 0 Å². The predicted octanol–water partition coefficient (Wildman–Crippen LogP) is 1.42. The lowest BCUT2D eigenvalue weighted by atomic mass is 9.82. The van der Waals surface area contributed by atoms with E-state index in [4.69, 9.17) is 0 Å². The number of nitrogens with zero attached hydrogens (tertiary/aromatic N) is 1. The van der Waals surface area contributed by atoms with Crippen LogP contribution < -0.4 is 0 Å². The molecule has 1 rings (SSSR count). The van der Waals surface area contributed by atoms with E-state index in [0.29, 0.717) is 13.0 Å². The number of Topliss-reactive ketones (excluding diaryl/α,β-unsaturated/α-hetero) is 1. The minimum atomic E-state index is -3.37. The van der Waals surface area contributed by atoms with Gasteiger partial charge >= 0.3 is 0 Å². The molecule has 1 fully saturated rings. The van der Waals surface area contributed by atoms with Crippen LogP contribution in [0.15, 0.2) is 0 Å². The van der Waals surface area contributed by atoms with Gasteiger partial charge in [-0.3, -0.25) is 4.79 Å². The molecule has 0 atom stereocenters. The highest BCUT2D eigenvalue weighted by Crippen LogP contribution is 2.30. The number of sulfonamides is 1. The lowest BCUT2D eigenvalue weighted by Gasteiger charge is -2.37. The summed E-state index contributed by atoms with van der Waals surface area (Å²) in [6.07, 6.45) is 0.598. The van der Waals surface area contributed by atoms with E-state index in [1.165, 1.54) is 4.31 Å². The van der Waals surface area contributed by atoms with E-state index < -0.39 is 14.8 Å². The van der Waals surface area contributed by atoms with E-state index in [-0.39, 0.29) is 17.7 Å². The number of ketones is 1. The van der Waals surface area contributed by atoms with Crippen LogP contribution in [0.25, 0.3) is 0 Å². The molecule has 4 nitrogen and oxygen atoms in total. The average molecular weight is 247 g/mol. The van der Waals surface area contributed by atoms with Gasteiger partial charge in [-0.25, -0.2) is 8.42 Å². The van der Waals surface area contributed by atoms with Crippen molar-refractivity contribution < 1.29 is 13.2 Å². The van der Waals surface area contributed by atoms with Crippen molar-refractivity contribution in [2.24, 2.45) is 5.41 Å². The molecule has 0 N–H and O–H groups in total. The van der Waals surface area contributed by atoms with Crippen LogP contribution in [0.2, 0.25) is 0 Å². The van der Waals surface area contributed by atoms with Gasteiger partial charge in [-0.2, -0.15) is 4.31 Å². The number of carbonyl (C=O) groups excluding carboxylic acids is 1. The highest BCUT2D eigenvalue weighted by Gasteiger charge is 2.42. The second-order valence-corrected chi connectivity index (χ2v) is 8.70. The minimum Gasteiger partial charge on any atom is -0.298 e. The molecule has 94 valence electrons. The van der Waals surface area contributed by atoms with Crippen LogP contribution in [-0.2, 0) is 14.8 Å². The van der Waals surface area contributed by atoms with Gasteiger partial charge in [0.15, 0.2) is 5.78 Å². The average Bonchev–Trinajstić information content (AvgIpc) is 2.07. The first-order valence-corrected chi connectivity index (χ1v) is 6.95. The van der Waals surface area contributed by atoms with Crippen LogP contribution in [0.5, 0.6) is 0 Å². The Morgan fingerprint density at radius 2 is 1.75 bits per heavy atom. The van der Waals surface area contributed by atoms with Gasteiger partial charge in [-0.15, -0.1) is 0 Å². The molecule has 0 unspecified atom stereocenters. The maximum absolute atomic E-state index is 12.1. The molecule has 16 heavy (non-hydrogen) atoms. The van der Waals surface area contributed by atoms with Crippen molar-refractivity contribution >= 4 is 15.8 Å². The zero-order chi connectivity index (χ0) is 12.8. The molecule has 0 aliphatic carbocycles. The zero-order valence-electron chi connectivity index (χ0n) is 10.7. The third-order valence-corrected chi connectivity index (χ3v) is 5.71. The normalized spacial score (nSPS) is 23.4. The second-order valence-electron chi connectivity index (χ2n) is 6.01. The summed E-state index contributed by atoms with van der Waals surface area (Å²) < 4.78 is 24.8. The van der Waals surface area contributed by atoms with Crippen LogP contribution in [0.4, 0.5) is 0 Å². The molecule has 0 aromatic heterocycles. The first kappa shape index (κ1) is 13.6. The van der Waals surface area contributed by atoms with Gasteiger partial charge in [-0.1, -0.05) is 13.8 Å². The molecule has 0 aromatic carbocycles. The maximum Gasteiger partial charge on any atom is 0.219 e. The molecule has 0 saturated carbocycles. The second kappa shape index (κ2) is 3.81. The van der Waals surface area contributed by atoms with E-state index in [1.54, 1.807) is 20.8 Å². The predicted molar refractivity (Wildman–Crippen MR) is 63.7 cm³/mol. The minimum absolute atomic E-state index is 0.00609. The number of rotatable bonds is 1. The summed E-state index contributed by atoms with van der Waals surface area (Å²) in [5.74, 6) is 0.00609. The van der Waals surface area contributed by atoms with Gasteiger partial charge in [-0.05, 0) is 27.2 Å². The lowest BCUT2D eigenvalue weighted by Crippen LogP contribution is -2.52. The fraction of sp³-hybridized carbons (Fsp3) is 0.909. The Balaban J connectivity index is 2.93. The summed E-state index contributed by atoms with van der Waals surface area (Å²) >= 11 is 0. The maximum atomic E-state index is 12.1. The Bertz CT molecular complexity index is 390. The Hall–Kier alpha value is -0.420. The Morgan fingerprint density at radius 3 is 2.12 bits per heavy atom. The summed E-state index contributed by atoms with van der Waals surface area (Å²) in [5, 5.41) is 0. The number of carbonyl (C=O) groups is 1. The number of hydrogen-bond donors (Lipinski definition) is 0. The summed E-state index contributed by atoms with van der Waals surface area (Å²) in [7, 11) is -3.37. The van der Waals surface area contributed by atoms with E-state index in [9.17, 15) is 13.2 Å². The van der Waals surface area contributed by atoms with Gasteiger partial charge in [0, 0.05) is 12.0 Å². The van der Waals surface area contributed by atoms with Gasteiger partial charge in [0.1, 0.15) is 0 Å². The van der Waals surface area contributed by atoms with E-state index in [0.717, 1.165) is 0 Å². The van der Waals surface area contributed by atoms with Crippen LogP contribution >= 0.6 is 0 Å². The highest BCUT2D eigenvalue weighted by molar-refractivity contribution is 7.90. The summed E-state index contributed by atoms with van der Waals surface area (Å²) in [4.78, 5) is 11.8. The van der Waals surface area contributed by atoms with Gasteiger partial charge < -0.3 is 0 Å². The van der Waals surface area contributed by atoms with E-state index in [1.807, 2.05) is 13.8 Å². The Morgan fingerprint density at radius 1 is 1.25 bits per heavy atom. The first-order chi connectivity index (χ1) is 6.98. The smallest absolute Gasteiger partial charge is 0.219 e. The van der Waals surface area contributed by atoms with Crippen molar-refractivity contribution in [3.05, 3.63) is 0 Å². The van der Waals surface area contributed by atoms with Crippen molar-refractivity contribution in [2.45, 2.75) is 45.8 Å². The summed E-state index contributed by atoms with van der Waals surface area (Å²) in [5.41, 5.74) is -0.385. The quantitative estimate of drug-likeness (QED) is 0.704. The molecule has 0 aromatic rings.